The van der Waals surface area contributed by atoms with Gasteiger partial charge in [-0.2, -0.15) is 10.1 Å². The lowest BCUT2D eigenvalue weighted by Crippen LogP contribution is -2.48. The van der Waals surface area contributed by atoms with Crippen molar-refractivity contribution in [2.75, 3.05) is 5.32 Å². The van der Waals surface area contributed by atoms with Crippen LogP contribution in [0, 0.1) is 0 Å². The molecule has 2 atom stereocenters. The number of primary amides is 1. The van der Waals surface area contributed by atoms with Crippen LogP contribution in [-0.4, -0.2) is 22.9 Å². The molecule has 0 saturated heterocycles. The summed E-state index contributed by atoms with van der Waals surface area (Å²) in [6.07, 6.45) is 0.574. The molecule has 2 unspecified atom stereocenters. The summed E-state index contributed by atoms with van der Waals surface area (Å²) in [4.78, 5) is 11.8. The molecule has 2 amide bonds. The standard InChI is InChI=1S/C17H16N4O/c18-17(22)21-16-13(12-8-4-5-9-14(12)19-16)10-15(20-21)11-6-2-1-3-7-11/h1-9,13,16,19H,10H2,(H2,18,22). The van der Waals surface area contributed by atoms with E-state index in [1.54, 1.807) is 0 Å². The van der Waals surface area contributed by atoms with E-state index in [1.807, 2.05) is 48.5 Å². The summed E-state index contributed by atoms with van der Waals surface area (Å²) in [7, 11) is 0. The second-order valence-corrected chi connectivity index (χ2v) is 5.58. The van der Waals surface area contributed by atoms with E-state index in [4.69, 9.17) is 5.73 Å². The summed E-state index contributed by atoms with van der Waals surface area (Å²) in [5.74, 6) is 0.163. The van der Waals surface area contributed by atoms with Crippen molar-refractivity contribution >= 4 is 17.4 Å². The van der Waals surface area contributed by atoms with Crippen molar-refractivity contribution in [3.8, 4) is 0 Å². The third kappa shape index (κ3) is 1.94. The molecule has 2 aliphatic rings. The summed E-state index contributed by atoms with van der Waals surface area (Å²) in [6, 6.07) is 17.5. The summed E-state index contributed by atoms with van der Waals surface area (Å²) < 4.78 is 0. The zero-order valence-corrected chi connectivity index (χ0v) is 11.9. The van der Waals surface area contributed by atoms with Gasteiger partial charge in [0.1, 0.15) is 6.17 Å². The maximum Gasteiger partial charge on any atom is 0.337 e. The van der Waals surface area contributed by atoms with Gasteiger partial charge in [0.25, 0.3) is 0 Å². The average molecular weight is 292 g/mol. The normalized spacial score (nSPS) is 22.4. The molecule has 5 heteroatoms. The zero-order valence-electron chi connectivity index (χ0n) is 11.9. The number of benzene rings is 2. The molecule has 0 aliphatic carbocycles. The lowest BCUT2D eigenvalue weighted by molar-refractivity contribution is 0.182. The molecule has 0 radical (unpaired) electrons. The largest absolute Gasteiger partial charge is 0.363 e. The maximum absolute atomic E-state index is 11.8. The van der Waals surface area contributed by atoms with Gasteiger partial charge in [0.15, 0.2) is 0 Å². The van der Waals surface area contributed by atoms with E-state index in [0.29, 0.717) is 0 Å². The number of anilines is 1. The second kappa shape index (κ2) is 4.87. The fraction of sp³-hybridized carbons (Fsp3) is 0.176. The Labute approximate surface area is 128 Å². The molecule has 110 valence electrons. The first kappa shape index (κ1) is 12.9. The minimum Gasteiger partial charge on any atom is -0.363 e. The van der Waals surface area contributed by atoms with Crippen LogP contribution in [-0.2, 0) is 0 Å². The van der Waals surface area contributed by atoms with E-state index in [1.165, 1.54) is 10.6 Å². The summed E-state index contributed by atoms with van der Waals surface area (Å²) in [5.41, 5.74) is 9.71. The van der Waals surface area contributed by atoms with Crippen molar-refractivity contribution in [2.45, 2.75) is 18.5 Å². The van der Waals surface area contributed by atoms with Crippen molar-refractivity contribution in [1.29, 1.82) is 0 Å². The molecule has 0 aromatic heterocycles. The molecule has 2 heterocycles. The summed E-state index contributed by atoms with van der Waals surface area (Å²) in [5, 5.41) is 9.22. The number of fused-ring (bicyclic) bond motifs is 3. The van der Waals surface area contributed by atoms with Crippen LogP contribution in [0.5, 0.6) is 0 Å². The van der Waals surface area contributed by atoms with Crippen LogP contribution in [0.4, 0.5) is 10.5 Å². The highest BCUT2D eigenvalue weighted by Crippen LogP contribution is 2.42. The molecule has 0 fully saturated rings. The molecule has 0 bridgehead atoms. The Bertz CT molecular complexity index is 756. The number of para-hydroxylation sites is 1. The molecule has 2 aliphatic heterocycles. The molecule has 2 aromatic carbocycles. The van der Waals surface area contributed by atoms with Crippen LogP contribution in [0.15, 0.2) is 59.7 Å². The van der Waals surface area contributed by atoms with E-state index in [-0.39, 0.29) is 12.1 Å². The van der Waals surface area contributed by atoms with Crippen molar-refractivity contribution in [3.63, 3.8) is 0 Å². The third-order valence-electron chi connectivity index (χ3n) is 4.28. The van der Waals surface area contributed by atoms with Crippen molar-refractivity contribution in [3.05, 3.63) is 65.7 Å². The number of rotatable bonds is 1. The van der Waals surface area contributed by atoms with Crippen LogP contribution in [0.3, 0.4) is 0 Å². The molecular formula is C17H16N4O. The Hall–Kier alpha value is -2.82. The van der Waals surface area contributed by atoms with E-state index in [2.05, 4.69) is 16.5 Å². The van der Waals surface area contributed by atoms with Crippen molar-refractivity contribution < 1.29 is 4.79 Å². The molecule has 5 nitrogen and oxygen atoms in total. The first-order chi connectivity index (χ1) is 10.7. The van der Waals surface area contributed by atoms with Crippen LogP contribution in [0.1, 0.15) is 23.5 Å². The average Bonchev–Trinajstić information content (AvgIpc) is 2.93. The Morgan fingerprint density at radius 3 is 2.64 bits per heavy atom. The molecule has 22 heavy (non-hydrogen) atoms. The predicted molar refractivity (Wildman–Crippen MR) is 85.6 cm³/mol. The first-order valence-corrected chi connectivity index (χ1v) is 7.31. The highest BCUT2D eigenvalue weighted by atomic mass is 16.2. The highest BCUT2D eigenvalue weighted by Gasteiger charge is 2.41. The second-order valence-electron chi connectivity index (χ2n) is 5.58. The quantitative estimate of drug-likeness (QED) is 0.848. The van der Waals surface area contributed by atoms with Gasteiger partial charge >= 0.3 is 6.03 Å². The first-order valence-electron chi connectivity index (χ1n) is 7.31. The fourth-order valence-electron chi connectivity index (χ4n) is 3.27. The minimum absolute atomic E-state index is 0.163. The van der Waals surface area contributed by atoms with Gasteiger partial charge in [-0.3, -0.25) is 0 Å². The monoisotopic (exact) mass is 292 g/mol. The van der Waals surface area contributed by atoms with E-state index in [0.717, 1.165) is 23.4 Å². The summed E-state index contributed by atoms with van der Waals surface area (Å²) >= 11 is 0. The number of nitrogens with two attached hydrogens (primary N) is 1. The van der Waals surface area contributed by atoms with Crippen LogP contribution >= 0.6 is 0 Å². The Kier molecular flexibility index (Phi) is 2.85. The SMILES string of the molecule is NC(=O)N1N=C(c2ccccc2)CC2c3ccccc3NC21. The van der Waals surface area contributed by atoms with Crippen LogP contribution < -0.4 is 11.1 Å². The van der Waals surface area contributed by atoms with Gasteiger partial charge in [0.05, 0.1) is 5.71 Å². The van der Waals surface area contributed by atoms with Crippen molar-refractivity contribution in [1.82, 2.24) is 5.01 Å². The molecule has 4 rings (SSSR count). The lowest BCUT2D eigenvalue weighted by Gasteiger charge is -2.33. The maximum atomic E-state index is 11.8. The number of hydrogen-bond donors (Lipinski definition) is 2. The van der Waals surface area contributed by atoms with Gasteiger partial charge in [0, 0.05) is 18.0 Å². The fourth-order valence-corrected chi connectivity index (χ4v) is 3.27. The number of hydrazone groups is 1. The third-order valence-corrected chi connectivity index (χ3v) is 4.28. The highest BCUT2D eigenvalue weighted by molar-refractivity contribution is 6.02. The number of amides is 2. The van der Waals surface area contributed by atoms with Gasteiger partial charge in [-0.05, 0) is 17.2 Å². The van der Waals surface area contributed by atoms with Gasteiger partial charge in [-0.1, -0.05) is 48.5 Å². The minimum atomic E-state index is -0.538. The number of nitrogens with one attached hydrogen (secondary N) is 1. The molecule has 3 N–H and O–H groups in total. The van der Waals surface area contributed by atoms with Gasteiger partial charge in [-0.15, -0.1) is 0 Å². The smallest absolute Gasteiger partial charge is 0.337 e. The molecule has 0 spiro atoms. The van der Waals surface area contributed by atoms with Crippen LogP contribution in [0.25, 0.3) is 0 Å². The molecule has 2 aromatic rings. The lowest BCUT2D eigenvalue weighted by atomic mass is 9.89. The number of urea groups is 1. The molecular weight excluding hydrogens is 276 g/mol. The van der Waals surface area contributed by atoms with E-state index in [9.17, 15) is 4.79 Å². The Morgan fingerprint density at radius 2 is 1.86 bits per heavy atom. The molecule has 0 saturated carbocycles. The Morgan fingerprint density at radius 1 is 1.14 bits per heavy atom. The topological polar surface area (TPSA) is 70.7 Å². The number of carbonyl (C=O) groups is 1. The number of carbonyl (C=O) groups excluding carboxylic acids is 1. The zero-order chi connectivity index (χ0) is 15.1. The van der Waals surface area contributed by atoms with Gasteiger partial charge in [0.2, 0.25) is 0 Å². The van der Waals surface area contributed by atoms with E-state index < -0.39 is 6.03 Å². The van der Waals surface area contributed by atoms with E-state index >= 15 is 0 Å². The summed E-state index contributed by atoms with van der Waals surface area (Å²) in [6.45, 7) is 0. The van der Waals surface area contributed by atoms with Crippen LogP contribution in [0.2, 0.25) is 0 Å². The van der Waals surface area contributed by atoms with Crippen molar-refractivity contribution in [2.24, 2.45) is 10.8 Å². The number of nitrogens with zero attached hydrogens (tertiary/aromatic N) is 2. The van der Waals surface area contributed by atoms with Gasteiger partial charge in [-0.25, -0.2) is 4.79 Å². The Balaban J connectivity index is 1.78. The van der Waals surface area contributed by atoms with Gasteiger partial charge < -0.3 is 11.1 Å². The number of hydrogen-bond acceptors (Lipinski definition) is 3. The predicted octanol–water partition coefficient (Wildman–Crippen LogP) is 2.71.